The lowest BCUT2D eigenvalue weighted by Crippen LogP contribution is -2.18. The molecule has 0 radical (unpaired) electrons. The first-order chi connectivity index (χ1) is 9.61. The smallest absolute Gasteiger partial charge is 0.170 e. The van der Waals surface area contributed by atoms with Crippen LogP contribution in [0.5, 0.6) is 0 Å². The Labute approximate surface area is 125 Å². The average Bonchev–Trinajstić information content (AvgIpc) is 2.47. The quantitative estimate of drug-likeness (QED) is 0.390. The molecule has 20 heavy (non-hydrogen) atoms. The molecule has 0 atom stereocenters. The highest BCUT2D eigenvalue weighted by Crippen LogP contribution is 2.27. The number of halogens is 1. The number of nitrogens with two attached hydrogens (primary N) is 1. The standard InChI is InChI=1S/C14H15BrN4O/c1-19(9-11-4-2-3-7-17-11)13-6-5-10(8-12(13)15)14(16)18-20/h2-8,20H,9H2,1H3,(H2,16,18). The van der Waals surface area contributed by atoms with Crippen LogP contribution in [0.1, 0.15) is 11.3 Å². The van der Waals surface area contributed by atoms with E-state index in [0.29, 0.717) is 12.1 Å². The molecule has 3 N–H and O–H groups in total. The summed E-state index contributed by atoms with van der Waals surface area (Å²) in [5.41, 5.74) is 8.22. The fraction of sp³-hybridized carbons (Fsp3) is 0.143. The van der Waals surface area contributed by atoms with E-state index in [1.54, 1.807) is 6.20 Å². The fourth-order valence-electron chi connectivity index (χ4n) is 1.85. The van der Waals surface area contributed by atoms with Crippen molar-refractivity contribution in [2.24, 2.45) is 10.9 Å². The number of benzene rings is 1. The first-order valence-electron chi connectivity index (χ1n) is 6.00. The Morgan fingerprint density at radius 2 is 2.20 bits per heavy atom. The summed E-state index contributed by atoms with van der Waals surface area (Å²) in [4.78, 5) is 6.38. The van der Waals surface area contributed by atoms with Gasteiger partial charge in [-0.2, -0.15) is 0 Å². The number of hydrogen-bond donors (Lipinski definition) is 2. The molecule has 5 nitrogen and oxygen atoms in total. The highest BCUT2D eigenvalue weighted by Gasteiger charge is 2.09. The van der Waals surface area contributed by atoms with Crippen molar-refractivity contribution in [1.82, 2.24) is 4.98 Å². The number of pyridine rings is 1. The second kappa shape index (κ2) is 6.38. The van der Waals surface area contributed by atoms with Gasteiger partial charge in [0.05, 0.1) is 17.9 Å². The van der Waals surface area contributed by atoms with Gasteiger partial charge < -0.3 is 15.8 Å². The van der Waals surface area contributed by atoms with Crippen LogP contribution in [0.25, 0.3) is 0 Å². The molecule has 2 aromatic rings. The molecule has 0 aliphatic carbocycles. The fourth-order valence-corrected chi connectivity index (χ4v) is 2.53. The Morgan fingerprint density at radius 3 is 2.80 bits per heavy atom. The van der Waals surface area contributed by atoms with Crippen LogP contribution in [0.4, 0.5) is 5.69 Å². The molecule has 0 saturated heterocycles. The summed E-state index contributed by atoms with van der Waals surface area (Å²) in [7, 11) is 1.98. The molecule has 0 bridgehead atoms. The van der Waals surface area contributed by atoms with E-state index in [2.05, 4.69) is 31.0 Å². The molecule has 1 heterocycles. The maximum Gasteiger partial charge on any atom is 0.170 e. The number of rotatable bonds is 4. The third-order valence-electron chi connectivity index (χ3n) is 2.89. The van der Waals surface area contributed by atoms with Crippen molar-refractivity contribution in [2.75, 3.05) is 11.9 Å². The largest absolute Gasteiger partial charge is 0.409 e. The van der Waals surface area contributed by atoms with Crippen molar-refractivity contribution in [3.63, 3.8) is 0 Å². The summed E-state index contributed by atoms with van der Waals surface area (Å²) >= 11 is 3.50. The molecule has 0 fully saturated rings. The number of anilines is 1. The van der Waals surface area contributed by atoms with Gasteiger partial charge >= 0.3 is 0 Å². The third kappa shape index (κ3) is 3.27. The number of hydrogen-bond acceptors (Lipinski definition) is 4. The van der Waals surface area contributed by atoms with Gasteiger partial charge in [0, 0.05) is 23.3 Å². The predicted molar refractivity (Wildman–Crippen MR) is 83.0 cm³/mol. The minimum absolute atomic E-state index is 0.0876. The summed E-state index contributed by atoms with van der Waals surface area (Å²) in [6.45, 7) is 0.697. The Balaban J connectivity index is 2.20. The number of oxime groups is 1. The van der Waals surface area contributed by atoms with E-state index < -0.39 is 0 Å². The van der Waals surface area contributed by atoms with Crippen molar-refractivity contribution in [2.45, 2.75) is 6.54 Å². The molecule has 0 unspecified atom stereocenters. The van der Waals surface area contributed by atoms with Gasteiger partial charge in [-0.1, -0.05) is 11.2 Å². The molecule has 1 aromatic heterocycles. The minimum Gasteiger partial charge on any atom is -0.409 e. The summed E-state index contributed by atoms with van der Waals surface area (Å²) in [6, 6.07) is 11.4. The molecule has 0 amide bonds. The lowest BCUT2D eigenvalue weighted by atomic mass is 10.2. The SMILES string of the molecule is CN(Cc1ccccn1)c1ccc(/C(N)=N/O)cc1Br. The van der Waals surface area contributed by atoms with E-state index in [-0.39, 0.29) is 5.84 Å². The second-order valence-electron chi connectivity index (χ2n) is 4.33. The van der Waals surface area contributed by atoms with Crippen molar-refractivity contribution in [3.05, 3.63) is 58.3 Å². The first kappa shape index (κ1) is 14.3. The van der Waals surface area contributed by atoms with Crippen LogP contribution in [0.15, 0.2) is 52.2 Å². The van der Waals surface area contributed by atoms with Gasteiger partial charge in [-0.15, -0.1) is 0 Å². The third-order valence-corrected chi connectivity index (χ3v) is 3.52. The zero-order chi connectivity index (χ0) is 14.5. The van der Waals surface area contributed by atoms with Crippen LogP contribution < -0.4 is 10.6 Å². The van der Waals surface area contributed by atoms with E-state index in [9.17, 15) is 0 Å². The van der Waals surface area contributed by atoms with Gasteiger partial charge in [0.25, 0.3) is 0 Å². The molecule has 1 aromatic carbocycles. The van der Waals surface area contributed by atoms with E-state index in [1.165, 1.54) is 0 Å². The first-order valence-corrected chi connectivity index (χ1v) is 6.79. The van der Waals surface area contributed by atoms with Gasteiger partial charge in [0.15, 0.2) is 5.84 Å². The zero-order valence-electron chi connectivity index (χ0n) is 11.0. The van der Waals surface area contributed by atoms with Crippen molar-refractivity contribution >= 4 is 27.5 Å². The molecule has 104 valence electrons. The summed E-state index contributed by atoms with van der Waals surface area (Å²) < 4.78 is 0.875. The predicted octanol–water partition coefficient (Wildman–Crippen LogP) is 2.58. The Bertz CT molecular complexity index is 616. The van der Waals surface area contributed by atoms with E-state index in [4.69, 9.17) is 10.9 Å². The molecule has 0 aliphatic heterocycles. The van der Waals surface area contributed by atoms with Crippen molar-refractivity contribution in [3.8, 4) is 0 Å². The molecule has 0 aliphatic rings. The van der Waals surface area contributed by atoms with Crippen LogP contribution in [0.2, 0.25) is 0 Å². The van der Waals surface area contributed by atoms with Gasteiger partial charge in [-0.05, 0) is 46.3 Å². The van der Waals surface area contributed by atoms with Crippen molar-refractivity contribution in [1.29, 1.82) is 0 Å². The lowest BCUT2D eigenvalue weighted by Gasteiger charge is -2.20. The minimum atomic E-state index is 0.0876. The Hall–Kier alpha value is -2.08. The van der Waals surface area contributed by atoms with E-state index in [1.807, 2.05) is 43.4 Å². The molecule has 0 saturated carbocycles. The molecular weight excluding hydrogens is 320 g/mol. The van der Waals surface area contributed by atoms with E-state index >= 15 is 0 Å². The van der Waals surface area contributed by atoms with Crippen LogP contribution in [-0.4, -0.2) is 23.1 Å². The van der Waals surface area contributed by atoms with Crippen LogP contribution in [0.3, 0.4) is 0 Å². The zero-order valence-corrected chi connectivity index (χ0v) is 12.6. The normalized spacial score (nSPS) is 11.4. The topological polar surface area (TPSA) is 74.7 Å². The number of nitrogens with zero attached hydrogens (tertiary/aromatic N) is 3. The van der Waals surface area contributed by atoms with Crippen LogP contribution >= 0.6 is 15.9 Å². The maximum atomic E-state index is 8.68. The molecular formula is C14H15BrN4O. The van der Waals surface area contributed by atoms with E-state index in [0.717, 1.165) is 15.9 Å². The summed E-state index contributed by atoms with van der Waals surface area (Å²) in [5.74, 6) is 0.0876. The number of aromatic nitrogens is 1. The van der Waals surface area contributed by atoms with Crippen molar-refractivity contribution < 1.29 is 5.21 Å². The van der Waals surface area contributed by atoms with Crippen LogP contribution in [-0.2, 0) is 6.54 Å². The van der Waals surface area contributed by atoms with Crippen LogP contribution in [0, 0.1) is 0 Å². The Morgan fingerprint density at radius 1 is 1.40 bits per heavy atom. The monoisotopic (exact) mass is 334 g/mol. The lowest BCUT2D eigenvalue weighted by molar-refractivity contribution is 0.318. The molecule has 6 heteroatoms. The average molecular weight is 335 g/mol. The number of amidine groups is 1. The maximum absolute atomic E-state index is 8.68. The highest BCUT2D eigenvalue weighted by atomic mass is 79.9. The van der Waals surface area contributed by atoms with Gasteiger partial charge in [-0.25, -0.2) is 0 Å². The summed E-state index contributed by atoms with van der Waals surface area (Å²) in [5, 5.41) is 11.7. The second-order valence-corrected chi connectivity index (χ2v) is 5.18. The van der Waals surface area contributed by atoms with Gasteiger partial charge in [0.2, 0.25) is 0 Å². The van der Waals surface area contributed by atoms with Gasteiger partial charge in [-0.3, -0.25) is 4.98 Å². The molecule has 2 rings (SSSR count). The highest BCUT2D eigenvalue weighted by molar-refractivity contribution is 9.10. The Kier molecular flexibility index (Phi) is 4.57. The molecule has 0 spiro atoms. The summed E-state index contributed by atoms with van der Waals surface area (Å²) in [6.07, 6.45) is 1.78. The van der Waals surface area contributed by atoms with Gasteiger partial charge in [0.1, 0.15) is 0 Å².